The number of nitrogens with zero attached hydrogens (tertiary/aromatic N) is 2. The SMILES string of the molecule is CC(C)N1CCC(N(C)C(=O)CC2CCCN2)CC1. The maximum absolute atomic E-state index is 12.3. The Morgan fingerprint density at radius 2 is 2.00 bits per heavy atom. The second-order valence-electron chi connectivity index (χ2n) is 6.36. The molecule has 1 unspecified atom stereocenters. The number of carbonyl (C=O) groups excluding carboxylic acids is 1. The quantitative estimate of drug-likeness (QED) is 0.837. The first kappa shape index (κ1) is 14.8. The van der Waals surface area contributed by atoms with E-state index in [9.17, 15) is 4.79 Å². The predicted molar refractivity (Wildman–Crippen MR) is 78.1 cm³/mol. The van der Waals surface area contributed by atoms with E-state index in [2.05, 4.69) is 24.1 Å². The van der Waals surface area contributed by atoms with Gasteiger partial charge in [-0.15, -0.1) is 0 Å². The maximum Gasteiger partial charge on any atom is 0.224 e. The third kappa shape index (κ3) is 3.93. The second kappa shape index (κ2) is 6.71. The van der Waals surface area contributed by atoms with Gasteiger partial charge in [-0.3, -0.25) is 4.79 Å². The van der Waals surface area contributed by atoms with Crippen molar-refractivity contribution in [1.82, 2.24) is 15.1 Å². The zero-order chi connectivity index (χ0) is 13.8. The lowest BCUT2D eigenvalue weighted by Gasteiger charge is -2.38. The summed E-state index contributed by atoms with van der Waals surface area (Å²) in [5.74, 6) is 0.322. The van der Waals surface area contributed by atoms with Crippen LogP contribution in [0, 0.1) is 0 Å². The Morgan fingerprint density at radius 3 is 2.53 bits per heavy atom. The molecule has 1 amide bonds. The van der Waals surface area contributed by atoms with Crippen LogP contribution in [-0.2, 0) is 4.79 Å². The van der Waals surface area contributed by atoms with Crippen LogP contribution < -0.4 is 5.32 Å². The van der Waals surface area contributed by atoms with Crippen LogP contribution in [0.3, 0.4) is 0 Å². The molecule has 0 bridgehead atoms. The first-order valence-electron chi connectivity index (χ1n) is 7.81. The molecule has 0 saturated carbocycles. The fourth-order valence-corrected chi connectivity index (χ4v) is 3.28. The van der Waals surface area contributed by atoms with Crippen molar-refractivity contribution in [3.8, 4) is 0 Å². The third-order valence-corrected chi connectivity index (χ3v) is 4.75. The molecule has 2 rings (SSSR count). The molecule has 2 aliphatic rings. The molecule has 0 aliphatic carbocycles. The van der Waals surface area contributed by atoms with E-state index in [0.717, 1.165) is 38.9 Å². The molecule has 0 aromatic carbocycles. The molecule has 2 aliphatic heterocycles. The van der Waals surface area contributed by atoms with E-state index in [4.69, 9.17) is 0 Å². The van der Waals surface area contributed by atoms with Crippen molar-refractivity contribution in [3.63, 3.8) is 0 Å². The minimum Gasteiger partial charge on any atom is -0.343 e. The molecule has 0 radical (unpaired) electrons. The average Bonchev–Trinajstić information content (AvgIpc) is 2.90. The van der Waals surface area contributed by atoms with Gasteiger partial charge in [-0.1, -0.05) is 0 Å². The van der Waals surface area contributed by atoms with Crippen LogP contribution in [0.1, 0.15) is 46.0 Å². The Balaban J connectivity index is 1.76. The second-order valence-corrected chi connectivity index (χ2v) is 6.36. The highest BCUT2D eigenvalue weighted by molar-refractivity contribution is 5.77. The highest BCUT2D eigenvalue weighted by atomic mass is 16.2. The van der Waals surface area contributed by atoms with Gasteiger partial charge in [-0.2, -0.15) is 0 Å². The molecule has 0 spiro atoms. The van der Waals surface area contributed by atoms with Crippen LogP contribution in [-0.4, -0.2) is 60.5 Å². The van der Waals surface area contributed by atoms with E-state index >= 15 is 0 Å². The summed E-state index contributed by atoms with van der Waals surface area (Å²) in [6, 6.07) is 1.50. The van der Waals surface area contributed by atoms with Gasteiger partial charge in [0.2, 0.25) is 5.91 Å². The van der Waals surface area contributed by atoms with E-state index in [0.29, 0.717) is 30.5 Å². The van der Waals surface area contributed by atoms with Crippen LogP contribution in [0.25, 0.3) is 0 Å². The fraction of sp³-hybridized carbons (Fsp3) is 0.933. The number of nitrogens with one attached hydrogen (secondary N) is 1. The van der Waals surface area contributed by atoms with E-state index in [1.54, 1.807) is 0 Å². The van der Waals surface area contributed by atoms with Crippen LogP contribution in [0.2, 0.25) is 0 Å². The van der Waals surface area contributed by atoms with Crippen molar-refractivity contribution in [2.45, 2.75) is 64.1 Å². The molecule has 1 atom stereocenters. The number of hydrogen-bond acceptors (Lipinski definition) is 3. The van der Waals surface area contributed by atoms with Crippen molar-refractivity contribution < 1.29 is 4.79 Å². The fourth-order valence-electron chi connectivity index (χ4n) is 3.28. The first-order chi connectivity index (χ1) is 9.08. The molecule has 2 saturated heterocycles. The van der Waals surface area contributed by atoms with Gasteiger partial charge >= 0.3 is 0 Å². The van der Waals surface area contributed by atoms with E-state index < -0.39 is 0 Å². The highest BCUT2D eigenvalue weighted by Crippen LogP contribution is 2.19. The molecule has 4 nitrogen and oxygen atoms in total. The molecule has 19 heavy (non-hydrogen) atoms. The number of rotatable bonds is 4. The average molecular weight is 267 g/mol. The number of piperidine rings is 1. The van der Waals surface area contributed by atoms with Gasteiger partial charge in [-0.25, -0.2) is 0 Å². The molecule has 1 N–H and O–H groups in total. The Labute approximate surface area is 117 Å². The lowest BCUT2D eigenvalue weighted by atomic mass is 10.0. The lowest BCUT2D eigenvalue weighted by molar-refractivity contribution is -0.133. The van der Waals surface area contributed by atoms with Gasteiger partial charge in [0.1, 0.15) is 0 Å². The van der Waals surface area contributed by atoms with Crippen LogP contribution in [0.15, 0.2) is 0 Å². The Hall–Kier alpha value is -0.610. The minimum absolute atomic E-state index is 0.322. The molecule has 0 aromatic heterocycles. The summed E-state index contributed by atoms with van der Waals surface area (Å²) in [5, 5.41) is 3.41. The Kier molecular flexibility index (Phi) is 5.22. The zero-order valence-electron chi connectivity index (χ0n) is 12.7. The van der Waals surface area contributed by atoms with Gasteiger partial charge in [0, 0.05) is 44.7 Å². The van der Waals surface area contributed by atoms with Crippen molar-refractivity contribution in [3.05, 3.63) is 0 Å². The van der Waals surface area contributed by atoms with Gasteiger partial charge < -0.3 is 15.1 Å². The number of hydrogen-bond donors (Lipinski definition) is 1. The lowest BCUT2D eigenvalue weighted by Crippen LogP contribution is -2.48. The first-order valence-corrected chi connectivity index (χ1v) is 7.81. The number of amides is 1. The van der Waals surface area contributed by atoms with Crippen LogP contribution in [0.5, 0.6) is 0 Å². The van der Waals surface area contributed by atoms with Gasteiger partial charge in [-0.05, 0) is 46.1 Å². The molecule has 110 valence electrons. The normalized spacial score (nSPS) is 26.0. The predicted octanol–water partition coefficient (Wildman–Crippen LogP) is 1.46. The standard InChI is InChI=1S/C15H29N3O/c1-12(2)18-9-6-14(7-10-18)17(3)15(19)11-13-5-4-8-16-13/h12-14,16H,4-11H2,1-3H3. The number of carbonyl (C=O) groups is 1. The van der Waals surface area contributed by atoms with Gasteiger partial charge in [0.25, 0.3) is 0 Å². The van der Waals surface area contributed by atoms with Gasteiger partial charge in [0.15, 0.2) is 0 Å². The maximum atomic E-state index is 12.3. The summed E-state index contributed by atoms with van der Waals surface area (Å²) < 4.78 is 0. The van der Waals surface area contributed by atoms with E-state index in [-0.39, 0.29) is 0 Å². The molecular weight excluding hydrogens is 238 g/mol. The van der Waals surface area contributed by atoms with Crippen LogP contribution >= 0.6 is 0 Å². The molecule has 2 fully saturated rings. The molecule has 2 heterocycles. The molecule has 0 aromatic rings. The summed E-state index contributed by atoms with van der Waals surface area (Å²) in [4.78, 5) is 16.8. The minimum atomic E-state index is 0.322. The van der Waals surface area contributed by atoms with Gasteiger partial charge in [0.05, 0.1) is 0 Å². The zero-order valence-corrected chi connectivity index (χ0v) is 12.7. The summed E-state index contributed by atoms with van der Waals surface area (Å²) in [7, 11) is 1.99. The summed E-state index contributed by atoms with van der Waals surface area (Å²) in [6.07, 6.45) is 5.30. The summed E-state index contributed by atoms with van der Waals surface area (Å²) in [5.41, 5.74) is 0. The monoisotopic (exact) mass is 267 g/mol. The Bertz CT molecular complexity index is 292. The smallest absolute Gasteiger partial charge is 0.224 e. The van der Waals surface area contributed by atoms with E-state index in [1.165, 1.54) is 6.42 Å². The summed E-state index contributed by atoms with van der Waals surface area (Å²) in [6.45, 7) is 7.83. The van der Waals surface area contributed by atoms with E-state index in [1.807, 2.05) is 11.9 Å². The van der Waals surface area contributed by atoms with Crippen molar-refractivity contribution in [2.24, 2.45) is 0 Å². The number of likely N-dealkylation sites (tertiary alicyclic amines) is 1. The summed E-state index contributed by atoms with van der Waals surface area (Å²) >= 11 is 0. The van der Waals surface area contributed by atoms with Crippen molar-refractivity contribution in [1.29, 1.82) is 0 Å². The van der Waals surface area contributed by atoms with Crippen molar-refractivity contribution in [2.75, 3.05) is 26.7 Å². The molecular formula is C15H29N3O. The Morgan fingerprint density at radius 1 is 1.32 bits per heavy atom. The largest absolute Gasteiger partial charge is 0.343 e. The third-order valence-electron chi connectivity index (χ3n) is 4.75. The van der Waals surface area contributed by atoms with Crippen LogP contribution in [0.4, 0.5) is 0 Å². The van der Waals surface area contributed by atoms with Crippen molar-refractivity contribution >= 4 is 5.91 Å². The highest BCUT2D eigenvalue weighted by Gasteiger charge is 2.27. The molecule has 4 heteroatoms. The topological polar surface area (TPSA) is 35.6 Å².